The summed E-state index contributed by atoms with van der Waals surface area (Å²) in [4.78, 5) is 16.6. The van der Waals surface area contributed by atoms with E-state index in [0.717, 1.165) is 11.3 Å². The Morgan fingerprint density at radius 2 is 1.96 bits per heavy atom. The molecule has 0 spiro atoms. The molecule has 7 nitrogen and oxygen atoms in total. The summed E-state index contributed by atoms with van der Waals surface area (Å²) in [6.07, 6.45) is 6.62. The highest BCUT2D eigenvalue weighted by atomic mass is 35.5. The SMILES string of the molecule is O=C(Nc1cc(Cl)ccc1-n1cccn1)c1ccc(Cn2cncn2)cc1. The van der Waals surface area contributed by atoms with Gasteiger partial charge in [-0.2, -0.15) is 10.2 Å². The van der Waals surface area contributed by atoms with E-state index in [1.165, 1.54) is 6.33 Å². The molecule has 0 saturated heterocycles. The predicted molar refractivity (Wildman–Crippen MR) is 102 cm³/mol. The zero-order chi connectivity index (χ0) is 18.6. The van der Waals surface area contributed by atoms with Gasteiger partial charge in [-0.05, 0) is 42.0 Å². The molecule has 0 saturated carbocycles. The molecule has 0 atom stereocenters. The third-order valence-corrected chi connectivity index (χ3v) is 4.22. The molecule has 1 amide bonds. The van der Waals surface area contributed by atoms with E-state index in [1.54, 1.807) is 52.4 Å². The molecule has 2 aromatic heterocycles. The van der Waals surface area contributed by atoms with Crippen LogP contribution in [0.25, 0.3) is 5.69 Å². The van der Waals surface area contributed by atoms with Gasteiger partial charge in [0.05, 0.1) is 17.9 Å². The molecule has 2 aromatic carbocycles. The summed E-state index contributed by atoms with van der Waals surface area (Å²) < 4.78 is 3.39. The van der Waals surface area contributed by atoms with Crippen molar-refractivity contribution in [1.29, 1.82) is 0 Å². The summed E-state index contributed by atoms with van der Waals surface area (Å²) in [6.45, 7) is 0.597. The third kappa shape index (κ3) is 3.88. The third-order valence-electron chi connectivity index (χ3n) is 3.99. The number of nitrogens with zero attached hydrogens (tertiary/aromatic N) is 5. The Hall–Kier alpha value is -3.45. The second kappa shape index (κ2) is 7.43. The Bertz CT molecular complexity index is 1040. The predicted octanol–water partition coefficient (Wildman–Crippen LogP) is 3.42. The van der Waals surface area contributed by atoms with E-state index in [0.29, 0.717) is 22.8 Å². The molecule has 4 rings (SSSR count). The van der Waals surface area contributed by atoms with Crippen molar-refractivity contribution < 1.29 is 4.79 Å². The Kier molecular flexibility index (Phi) is 4.67. The minimum absolute atomic E-state index is 0.224. The van der Waals surface area contributed by atoms with Gasteiger partial charge >= 0.3 is 0 Å². The summed E-state index contributed by atoms with van der Waals surface area (Å²) in [6, 6.07) is 14.4. The maximum Gasteiger partial charge on any atom is 0.255 e. The number of halogens is 1. The number of amides is 1. The number of carbonyl (C=O) groups is 1. The average Bonchev–Trinajstić information content (AvgIpc) is 3.36. The molecule has 0 radical (unpaired) electrons. The number of hydrogen-bond acceptors (Lipinski definition) is 4. The van der Waals surface area contributed by atoms with Crippen LogP contribution >= 0.6 is 11.6 Å². The van der Waals surface area contributed by atoms with Crippen molar-refractivity contribution >= 4 is 23.2 Å². The molecule has 1 N–H and O–H groups in total. The van der Waals surface area contributed by atoms with Crippen molar-refractivity contribution in [2.75, 3.05) is 5.32 Å². The van der Waals surface area contributed by atoms with Gasteiger partial charge in [-0.25, -0.2) is 14.3 Å². The van der Waals surface area contributed by atoms with Crippen LogP contribution < -0.4 is 5.32 Å². The fourth-order valence-corrected chi connectivity index (χ4v) is 2.85. The number of carbonyl (C=O) groups excluding carboxylic acids is 1. The maximum absolute atomic E-state index is 12.7. The minimum atomic E-state index is -0.224. The Balaban J connectivity index is 1.53. The highest BCUT2D eigenvalue weighted by Gasteiger charge is 2.11. The van der Waals surface area contributed by atoms with Crippen LogP contribution in [0.5, 0.6) is 0 Å². The Labute approximate surface area is 160 Å². The van der Waals surface area contributed by atoms with Gasteiger partial charge in [0.25, 0.3) is 5.91 Å². The lowest BCUT2D eigenvalue weighted by Crippen LogP contribution is -2.14. The zero-order valence-corrected chi connectivity index (χ0v) is 14.9. The molecular formula is C19H15ClN6O. The lowest BCUT2D eigenvalue weighted by Gasteiger charge is -2.12. The first-order valence-electron chi connectivity index (χ1n) is 8.21. The van der Waals surface area contributed by atoms with Crippen LogP contribution in [0.1, 0.15) is 15.9 Å². The standard InChI is InChI=1S/C19H15ClN6O/c20-16-6-7-18(26-9-1-8-22-26)17(10-16)24-19(27)15-4-2-14(3-5-15)11-25-13-21-12-23-25/h1-10,12-13H,11H2,(H,24,27). The fourth-order valence-electron chi connectivity index (χ4n) is 2.68. The highest BCUT2D eigenvalue weighted by Crippen LogP contribution is 2.24. The first-order valence-corrected chi connectivity index (χ1v) is 8.59. The van der Waals surface area contributed by atoms with Gasteiger partial charge in [0.2, 0.25) is 0 Å². The van der Waals surface area contributed by atoms with E-state index >= 15 is 0 Å². The van der Waals surface area contributed by atoms with E-state index in [1.807, 2.05) is 24.3 Å². The van der Waals surface area contributed by atoms with Crippen LogP contribution in [-0.2, 0) is 6.54 Å². The zero-order valence-electron chi connectivity index (χ0n) is 14.2. The van der Waals surface area contributed by atoms with Crippen LogP contribution in [0.15, 0.2) is 73.6 Å². The second-order valence-electron chi connectivity index (χ2n) is 5.86. The number of hydrogen-bond donors (Lipinski definition) is 1. The normalized spacial score (nSPS) is 10.7. The average molecular weight is 379 g/mol. The minimum Gasteiger partial charge on any atom is -0.320 e. The maximum atomic E-state index is 12.7. The van der Waals surface area contributed by atoms with Crippen molar-refractivity contribution in [3.63, 3.8) is 0 Å². The molecule has 27 heavy (non-hydrogen) atoms. The van der Waals surface area contributed by atoms with Crippen LogP contribution in [0, 0.1) is 0 Å². The van der Waals surface area contributed by atoms with Gasteiger partial charge in [-0.15, -0.1) is 0 Å². The molecule has 134 valence electrons. The van der Waals surface area contributed by atoms with Crippen LogP contribution in [0.4, 0.5) is 5.69 Å². The van der Waals surface area contributed by atoms with Crippen molar-refractivity contribution in [2.24, 2.45) is 0 Å². The summed E-state index contributed by atoms with van der Waals surface area (Å²) in [7, 11) is 0. The highest BCUT2D eigenvalue weighted by molar-refractivity contribution is 6.31. The van der Waals surface area contributed by atoms with Gasteiger partial charge in [-0.3, -0.25) is 4.79 Å². The molecule has 0 aliphatic carbocycles. The smallest absolute Gasteiger partial charge is 0.255 e. The second-order valence-corrected chi connectivity index (χ2v) is 6.29. The lowest BCUT2D eigenvalue weighted by molar-refractivity contribution is 0.102. The molecular weight excluding hydrogens is 364 g/mol. The molecule has 0 aliphatic heterocycles. The molecule has 0 aliphatic rings. The van der Waals surface area contributed by atoms with Gasteiger partial charge in [0.15, 0.2) is 0 Å². The topological polar surface area (TPSA) is 77.6 Å². The first-order chi connectivity index (χ1) is 13.2. The van der Waals surface area contributed by atoms with Crippen LogP contribution in [0.2, 0.25) is 5.02 Å². The Morgan fingerprint density at radius 3 is 2.67 bits per heavy atom. The summed E-state index contributed by atoms with van der Waals surface area (Å²) in [5.41, 5.74) is 2.89. The largest absolute Gasteiger partial charge is 0.320 e. The Morgan fingerprint density at radius 1 is 1.11 bits per heavy atom. The van der Waals surface area contributed by atoms with E-state index in [-0.39, 0.29) is 5.91 Å². The molecule has 8 heteroatoms. The first kappa shape index (κ1) is 17.0. The van der Waals surface area contributed by atoms with Gasteiger partial charge in [-0.1, -0.05) is 23.7 Å². The van der Waals surface area contributed by atoms with Crippen molar-refractivity contribution in [2.45, 2.75) is 6.54 Å². The van der Waals surface area contributed by atoms with Gasteiger partial charge < -0.3 is 5.32 Å². The number of anilines is 1. The lowest BCUT2D eigenvalue weighted by atomic mass is 10.1. The fraction of sp³-hybridized carbons (Fsp3) is 0.0526. The summed E-state index contributed by atoms with van der Waals surface area (Å²) >= 11 is 6.10. The van der Waals surface area contributed by atoms with Gasteiger partial charge in [0.1, 0.15) is 12.7 Å². The molecule has 0 fully saturated rings. The van der Waals surface area contributed by atoms with E-state index in [4.69, 9.17) is 11.6 Å². The molecule has 0 bridgehead atoms. The van der Waals surface area contributed by atoms with Crippen molar-refractivity contribution in [3.8, 4) is 5.69 Å². The van der Waals surface area contributed by atoms with E-state index in [9.17, 15) is 4.79 Å². The van der Waals surface area contributed by atoms with Crippen molar-refractivity contribution in [1.82, 2.24) is 24.5 Å². The summed E-state index contributed by atoms with van der Waals surface area (Å²) in [5.74, 6) is -0.224. The molecule has 2 heterocycles. The quantitative estimate of drug-likeness (QED) is 0.577. The monoisotopic (exact) mass is 378 g/mol. The molecule has 0 unspecified atom stereocenters. The molecule has 4 aromatic rings. The number of nitrogens with one attached hydrogen (secondary N) is 1. The number of rotatable bonds is 5. The van der Waals surface area contributed by atoms with E-state index in [2.05, 4.69) is 20.5 Å². The van der Waals surface area contributed by atoms with Crippen LogP contribution in [-0.4, -0.2) is 30.5 Å². The van der Waals surface area contributed by atoms with Crippen molar-refractivity contribution in [3.05, 3.63) is 89.7 Å². The summed E-state index contributed by atoms with van der Waals surface area (Å²) in [5, 5.41) is 11.7. The van der Waals surface area contributed by atoms with Crippen LogP contribution in [0.3, 0.4) is 0 Å². The van der Waals surface area contributed by atoms with Gasteiger partial charge in [0, 0.05) is 23.0 Å². The number of benzene rings is 2. The van der Waals surface area contributed by atoms with E-state index < -0.39 is 0 Å². The number of aromatic nitrogens is 5.